The molecule has 45 heavy (non-hydrogen) atoms. The minimum Gasteiger partial charge on any atom is -0.468 e. The van der Waals surface area contributed by atoms with Crippen molar-refractivity contribution in [2.45, 2.75) is 64.7 Å². The first kappa shape index (κ1) is 39.2. The molecule has 1 N–H and O–H groups in total. The predicted octanol–water partition coefficient (Wildman–Crippen LogP) is -0.566. The van der Waals surface area contributed by atoms with Crippen LogP contribution in [0, 0.1) is 5.41 Å². The van der Waals surface area contributed by atoms with Crippen LogP contribution in [0.3, 0.4) is 0 Å². The third-order valence-corrected chi connectivity index (χ3v) is 6.45. The highest BCUT2D eigenvalue weighted by Crippen LogP contribution is 2.36. The molecule has 1 aliphatic rings. The number of ether oxygens (including phenoxy) is 8. The number of hydrogen-bond acceptors (Lipinski definition) is 17. The fourth-order valence-electron chi connectivity index (χ4n) is 4.26. The average molecular weight is 650 g/mol. The average Bonchev–Trinajstić information content (AvgIpc) is 3.40. The lowest BCUT2D eigenvalue weighted by Gasteiger charge is -2.42. The van der Waals surface area contributed by atoms with Gasteiger partial charge in [0.2, 0.25) is 11.5 Å². The summed E-state index contributed by atoms with van der Waals surface area (Å²) in [6, 6.07) is 0. The first-order valence-corrected chi connectivity index (χ1v) is 14.5. The summed E-state index contributed by atoms with van der Waals surface area (Å²) in [5.41, 5.74) is -2.42. The molecule has 0 bridgehead atoms. The van der Waals surface area contributed by atoms with Crippen molar-refractivity contribution in [1.29, 1.82) is 0 Å². The van der Waals surface area contributed by atoms with Crippen LogP contribution in [-0.2, 0) is 71.5 Å². The molecule has 0 spiro atoms. The third kappa shape index (κ3) is 14.2. The first-order valence-electron chi connectivity index (χ1n) is 14.5. The van der Waals surface area contributed by atoms with Crippen molar-refractivity contribution in [2.24, 2.45) is 5.41 Å². The Labute approximate surface area is 260 Å². The number of aliphatic hydroxyl groups is 1. The molecule has 0 aromatic carbocycles. The van der Waals surface area contributed by atoms with Gasteiger partial charge in [0.1, 0.15) is 19.4 Å². The highest BCUT2D eigenvalue weighted by Gasteiger charge is 2.59. The lowest BCUT2D eigenvalue weighted by atomic mass is 9.81. The number of esters is 5. The van der Waals surface area contributed by atoms with Gasteiger partial charge in [-0.15, -0.1) is 0 Å². The number of unbranched alkanes of at least 4 members (excludes halogenated alkanes) is 2. The van der Waals surface area contributed by atoms with Gasteiger partial charge in [0.05, 0.1) is 26.4 Å². The van der Waals surface area contributed by atoms with E-state index in [4.69, 9.17) is 33.2 Å². The molecule has 1 saturated heterocycles. The number of nitrogens with zero attached hydrogens (tertiary/aromatic N) is 1. The summed E-state index contributed by atoms with van der Waals surface area (Å²) in [7, 11) is 0. The lowest BCUT2D eigenvalue weighted by molar-refractivity contribution is -0.210. The summed E-state index contributed by atoms with van der Waals surface area (Å²) in [4.78, 5) is 86.4. The van der Waals surface area contributed by atoms with Crippen molar-refractivity contribution < 1.29 is 76.6 Å². The summed E-state index contributed by atoms with van der Waals surface area (Å²) in [5.74, 6) is -4.45. The van der Waals surface area contributed by atoms with Gasteiger partial charge in [-0.2, -0.15) is 0 Å². The highest BCUT2D eigenvalue weighted by atomic mass is 16.6. The summed E-state index contributed by atoms with van der Waals surface area (Å²) in [6.45, 7) is 1.04. The Morgan fingerprint density at radius 2 is 1.47 bits per heavy atom. The van der Waals surface area contributed by atoms with E-state index >= 15 is 0 Å². The van der Waals surface area contributed by atoms with Crippen LogP contribution in [0.2, 0.25) is 0 Å². The van der Waals surface area contributed by atoms with Crippen molar-refractivity contribution in [1.82, 2.24) is 4.90 Å². The van der Waals surface area contributed by atoms with Gasteiger partial charge in [-0.1, -0.05) is 0 Å². The Morgan fingerprint density at radius 1 is 0.867 bits per heavy atom. The summed E-state index contributed by atoms with van der Waals surface area (Å²) >= 11 is 0. The summed E-state index contributed by atoms with van der Waals surface area (Å²) in [5, 5.41) is 9.28. The van der Waals surface area contributed by atoms with Gasteiger partial charge >= 0.3 is 29.8 Å². The minimum absolute atomic E-state index is 0.0158. The molecule has 0 amide bonds. The van der Waals surface area contributed by atoms with Crippen molar-refractivity contribution in [2.75, 3.05) is 65.9 Å². The number of cyclic esters (lactones) is 1. The zero-order chi connectivity index (χ0) is 33.5. The van der Waals surface area contributed by atoms with Crippen LogP contribution in [0.1, 0.15) is 52.4 Å². The molecule has 3 unspecified atom stereocenters. The molecule has 0 aliphatic carbocycles. The number of carbonyl (C=O) groups is 7. The maximum Gasteiger partial charge on any atom is 0.347 e. The molecule has 1 aliphatic heterocycles. The van der Waals surface area contributed by atoms with E-state index in [-0.39, 0.29) is 91.5 Å². The normalized spacial score (nSPS) is 16.1. The second kappa shape index (κ2) is 22.6. The Kier molecular flexibility index (Phi) is 19.7. The van der Waals surface area contributed by atoms with E-state index in [1.54, 1.807) is 0 Å². The maximum absolute atomic E-state index is 14.1. The highest BCUT2D eigenvalue weighted by molar-refractivity contribution is 6.01. The Bertz CT molecular complexity index is 939. The molecule has 0 aromatic rings. The van der Waals surface area contributed by atoms with Crippen molar-refractivity contribution >= 4 is 42.8 Å². The second-order valence-corrected chi connectivity index (χ2v) is 9.72. The van der Waals surface area contributed by atoms with Gasteiger partial charge in [-0.05, 0) is 25.7 Å². The molecule has 17 heteroatoms. The topological polar surface area (TPSA) is 217 Å². The van der Waals surface area contributed by atoms with Crippen molar-refractivity contribution in [3.63, 3.8) is 0 Å². The molecule has 17 nitrogen and oxygen atoms in total. The van der Waals surface area contributed by atoms with Gasteiger partial charge in [0.15, 0.2) is 0 Å². The van der Waals surface area contributed by atoms with Crippen LogP contribution in [0.25, 0.3) is 0 Å². The molecule has 1 heterocycles. The molecule has 1 fully saturated rings. The molecule has 0 saturated carbocycles. The first-order chi connectivity index (χ1) is 21.6. The number of hydrogen-bond donors (Lipinski definition) is 1. The van der Waals surface area contributed by atoms with Gasteiger partial charge in [-0.3, -0.25) is 33.7 Å². The lowest BCUT2D eigenvalue weighted by Crippen LogP contribution is -2.61. The SMILES string of the molecule is CC(=O)OCCN(CCOC(C)=O)C(OCCCCO)C(CCOC=O)(C(=O)OCCCCOC=O)C(=O)OC1CCOC1=O. The van der Waals surface area contributed by atoms with Gasteiger partial charge in [0.25, 0.3) is 12.9 Å². The van der Waals surface area contributed by atoms with E-state index in [9.17, 15) is 38.7 Å². The molecular weight excluding hydrogens is 606 g/mol. The molecule has 256 valence electrons. The molecule has 3 atom stereocenters. The molecule has 0 aromatic heterocycles. The minimum atomic E-state index is -2.42. The van der Waals surface area contributed by atoms with Gasteiger partial charge in [-0.25, -0.2) is 4.79 Å². The van der Waals surface area contributed by atoms with E-state index in [1.807, 2.05) is 0 Å². The van der Waals surface area contributed by atoms with Crippen LogP contribution in [0.15, 0.2) is 0 Å². The summed E-state index contributed by atoms with van der Waals surface area (Å²) < 4.78 is 41.7. The fourth-order valence-corrected chi connectivity index (χ4v) is 4.26. The Balaban J connectivity index is 3.66. The van der Waals surface area contributed by atoms with Crippen molar-refractivity contribution in [3.8, 4) is 0 Å². The van der Waals surface area contributed by atoms with E-state index in [1.165, 1.54) is 18.7 Å². The molecular formula is C28H43NO16. The van der Waals surface area contributed by atoms with E-state index in [0.29, 0.717) is 12.8 Å². The maximum atomic E-state index is 14.1. The van der Waals surface area contributed by atoms with Crippen LogP contribution in [0.4, 0.5) is 0 Å². The van der Waals surface area contributed by atoms with E-state index in [0.717, 1.165) is 0 Å². The standard InChI is InChI=1S/C28H43NO16/c1-21(33)40-17-9-29(10-18-41-22(2)34)25(43-13-4-3-11-30)28(8-16-39-20-32,26(36)44-14-6-5-12-38-19-31)27(37)45-23-7-15-42-24(23)35/h19-20,23,25,30H,3-18H2,1-2H3. The number of rotatable bonds is 26. The Morgan fingerprint density at radius 3 is 2.02 bits per heavy atom. The van der Waals surface area contributed by atoms with Crippen LogP contribution in [-0.4, -0.2) is 131 Å². The number of carbonyl (C=O) groups excluding carboxylic acids is 7. The number of aliphatic hydroxyl groups excluding tert-OH is 1. The van der Waals surface area contributed by atoms with Crippen LogP contribution >= 0.6 is 0 Å². The summed E-state index contributed by atoms with van der Waals surface area (Å²) in [6.07, 6.45) is -2.30. The molecule has 0 radical (unpaired) electrons. The smallest absolute Gasteiger partial charge is 0.347 e. The van der Waals surface area contributed by atoms with Gasteiger partial charge < -0.3 is 43.0 Å². The van der Waals surface area contributed by atoms with Crippen LogP contribution in [0.5, 0.6) is 0 Å². The predicted molar refractivity (Wildman–Crippen MR) is 148 cm³/mol. The van der Waals surface area contributed by atoms with Gasteiger partial charge in [0, 0.05) is 53.0 Å². The quantitative estimate of drug-likeness (QED) is 0.0310. The Hall–Kier alpha value is -3.83. The second-order valence-electron chi connectivity index (χ2n) is 9.72. The third-order valence-electron chi connectivity index (χ3n) is 6.45. The fraction of sp³-hybridized carbons (Fsp3) is 0.750. The van der Waals surface area contributed by atoms with E-state index < -0.39 is 60.6 Å². The largest absolute Gasteiger partial charge is 0.468 e. The zero-order valence-corrected chi connectivity index (χ0v) is 25.6. The van der Waals surface area contributed by atoms with Crippen molar-refractivity contribution in [3.05, 3.63) is 0 Å². The zero-order valence-electron chi connectivity index (χ0n) is 25.6. The molecule has 1 rings (SSSR count). The van der Waals surface area contributed by atoms with E-state index in [2.05, 4.69) is 4.74 Å². The van der Waals surface area contributed by atoms with Crippen LogP contribution < -0.4 is 0 Å². The monoisotopic (exact) mass is 649 g/mol.